The molecule has 9 heteroatoms. The van der Waals surface area contributed by atoms with E-state index in [1.807, 2.05) is 0 Å². The van der Waals surface area contributed by atoms with Crippen molar-refractivity contribution < 1.29 is 23.8 Å². The van der Waals surface area contributed by atoms with E-state index in [1.54, 1.807) is 67.7 Å². The number of aromatic nitrogens is 1. The van der Waals surface area contributed by atoms with Crippen LogP contribution in [-0.4, -0.2) is 35.1 Å². The molecule has 33 heavy (non-hydrogen) atoms. The number of carboxylic acids is 1. The lowest BCUT2D eigenvalue weighted by Gasteiger charge is -2.11. The molecule has 2 N–H and O–H groups in total. The summed E-state index contributed by atoms with van der Waals surface area (Å²) in [6.45, 7) is 0. The molecular weight excluding hydrogens is 467 g/mol. The minimum atomic E-state index is -0.933. The Kier molecular flexibility index (Phi) is 6.65. The summed E-state index contributed by atoms with van der Waals surface area (Å²) in [5.74, 6) is -0.826. The van der Waals surface area contributed by atoms with Gasteiger partial charge in [0.05, 0.1) is 5.56 Å². The lowest BCUT2D eigenvalue weighted by Crippen LogP contribution is -2.35. The molecule has 1 atom stereocenters. The Labute approximate surface area is 198 Å². The molecule has 0 bridgehead atoms. The van der Waals surface area contributed by atoms with Gasteiger partial charge in [-0.25, -0.2) is 9.78 Å². The van der Waals surface area contributed by atoms with Gasteiger partial charge in [-0.05, 0) is 67.6 Å². The molecule has 1 heterocycles. The number of carbonyl (C=O) groups excluding carboxylic acids is 1. The van der Waals surface area contributed by atoms with Crippen molar-refractivity contribution in [3.8, 4) is 17.2 Å². The predicted molar refractivity (Wildman–Crippen MR) is 125 cm³/mol. The first kappa shape index (κ1) is 22.8. The quantitative estimate of drug-likeness (QED) is 0.273. The number of likely N-dealkylation sites (N-methyl/N-ethyl adjacent to an activating group) is 1. The van der Waals surface area contributed by atoms with E-state index in [9.17, 15) is 9.59 Å². The molecule has 4 rings (SSSR count). The van der Waals surface area contributed by atoms with Crippen molar-refractivity contribution >= 4 is 46.2 Å². The van der Waals surface area contributed by atoms with E-state index in [2.05, 4.69) is 10.3 Å². The van der Waals surface area contributed by atoms with Crippen molar-refractivity contribution in [1.29, 1.82) is 0 Å². The smallest absolute Gasteiger partial charge is 0.343 e. The lowest BCUT2D eigenvalue weighted by atomic mass is 10.1. The third-order valence-electron chi connectivity index (χ3n) is 4.95. The molecule has 0 radical (unpaired) electrons. The van der Waals surface area contributed by atoms with E-state index in [0.717, 1.165) is 5.56 Å². The first-order valence-corrected chi connectivity index (χ1v) is 10.7. The largest absolute Gasteiger partial charge is 0.480 e. The molecule has 0 aliphatic rings. The van der Waals surface area contributed by atoms with E-state index in [4.69, 9.17) is 37.5 Å². The molecule has 7 nitrogen and oxygen atoms in total. The predicted octanol–water partition coefficient (Wildman–Crippen LogP) is 5.24. The maximum Gasteiger partial charge on any atom is 0.343 e. The number of hydrogen-bond donors (Lipinski definition) is 2. The number of hydrogen-bond acceptors (Lipinski definition) is 6. The average molecular weight is 485 g/mol. The number of halogens is 2. The van der Waals surface area contributed by atoms with Crippen LogP contribution in [-0.2, 0) is 11.2 Å². The summed E-state index contributed by atoms with van der Waals surface area (Å²) in [6, 6.07) is 15.8. The van der Waals surface area contributed by atoms with Crippen LogP contribution in [0, 0.1) is 0 Å². The molecule has 0 spiro atoms. The zero-order valence-corrected chi connectivity index (χ0v) is 18.9. The minimum absolute atomic E-state index is 0.291. The summed E-state index contributed by atoms with van der Waals surface area (Å²) in [5.41, 5.74) is 2.70. The summed E-state index contributed by atoms with van der Waals surface area (Å²) >= 11 is 12.1. The van der Waals surface area contributed by atoms with Crippen molar-refractivity contribution in [2.45, 2.75) is 12.5 Å². The van der Waals surface area contributed by atoms with Crippen LogP contribution in [0.5, 0.6) is 5.75 Å². The van der Waals surface area contributed by atoms with Gasteiger partial charge in [-0.3, -0.25) is 4.79 Å². The molecule has 0 aliphatic carbocycles. The number of rotatable bonds is 7. The molecule has 1 aromatic heterocycles. The topological polar surface area (TPSA) is 102 Å². The Hall–Kier alpha value is -3.39. The highest BCUT2D eigenvalue weighted by Gasteiger charge is 2.17. The Balaban J connectivity index is 1.49. The van der Waals surface area contributed by atoms with Crippen LogP contribution in [0.25, 0.3) is 22.6 Å². The number of fused-ring (bicyclic) bond motifs is 1. The summed E-state index contributed by atoms with van der Waals surface area (Å²) < 4.78 is 11.2. The Morgan fingerprint density at radius 2 is 1.76 bits per heavy atom. The van der Waals surface area contributed by atoms with Crippen molar-refractivity contribution in [3.05, 3.63) is 81.8 Å². The highest BCUT2D eigenvalue weighted by molar-refractivity contribution is 6.35. The van der Waals surface area contributed by atoms with E-state index >= 15 is 0 Å². The SMILES string of the molecule is CNC(Cc1ccc(OC(=O)c2ccc3nc(-c4cc(Cl)cc(Cl)c4)oc3c2)cc1)C(=O)O. The van der Waals surface area contributed by atoms with Gasteiger partial charge in [-0.1, -0.05) is 35.3 Å². The van der Waals surface area contributed by atoms with Crippen LogP contribution < -0.4 is 10.1 Å². The zero-order chi connectivity index (χ0) is 23.5. The van der Waals surface area contributed by atoms with Gasteiger partial charge in [0.25, 0.3) is 0 Å². The normalized spacial score (nSPS) is 12.0. The zero-order valence-electron chi connectivity index (χ0n) is 17.3. The van der Waals surface area contributed by atoms with Gasteiger partial charge in [0.2, 0.25) is 5.89 Å². The van der Waals surface area contributed by atoms with Crippen LogP contribution in [0.15, 0.2) is 65.1 Å². The minimum Gasteiger partial charge on any atom is -0.480 e. The van der Waals surface area contributed by atoms with Crippen molar-refractivity contribution in [3.63, 3.8) is 0 Å². The number of nitrogens with one attached hydrogen (secondary N) is 1. The fourth-order valence-electron chi connectivity index (χ4n) is 3.26. The summed E-state index contributed by atoms with van der Waals surface area (Å²) in [4.78, 5) is 28.2. The molecule has 3 aromatic carbocycles. The molecule has 1 unspecified atom stereocenters. The summed E-state index contributed by atoms with van der Waals surface area (Å²) in [7, 11) is 1.59. The second-order valence-corrected chi connectivity index (χ2v) is 8.15. The lowest BCUT2D eigenvalue weighted by molar-refractivity contribution is -0.139. The molecule has 4 aromatic rings. The molecule has 0 saturated heterocycles. The monoisotopic (exact) mass is 484 g/mol. The Bertz CT molecular complexity index is 1310. The number of carbonyl (C=O) groups is 2. The maximum absolute atomic E-state index is 12.6. The number of oxazole rings is 1. The van der Waals surface area contributed by atoms with Gasteiger partial charge in [-0.2, -0.15) is 0 Å². The first-order chi connectivity index (χ1) is 15.8. The van der Waals surface area contributed by atoms with Crippen LogP contribution in [0.3, 0.4) is 0 Å². The van der Waals surface area contributed by atoms with E-state index in [0.29, 0.717) is 50.3 Å². The van der Waals surface area contributed by atoms with Crippen molar-refractivity contribution in [2.75, 3.05) is 7.05 Å². The summed E-state index contributed by atoms with van der Waals surface area (Å²) in [6.07, 6.45) is 0.308. The molecule has 168 valence electrons. The average Bonchev–Trinajstić information content (AvgIpc) is 3.21. The van der Waals surface area contributed by atoms with Gasteiger partial charge in [0.15, 0.2) is 5.58 Å². The maximum atomic E-state index is 12.6. The van der Waals surface area contributed by atoms with Gasteiger partial charge >= 0.3 is 11.9 Å². The fourth-order valence-corrected chi connectivity index (χ4v) is 3.79. The second kappa shape index (κ2) is 9.62. The van der Waals surface area contributed by atoms with E-state index in [1.165, 1.54) is 0 Å². The van der Waals surface area contributed by atoms with Gasteiger partial charge in [0.1, 0.15) is 17.3 Å². The molecule has 0 amide bonds. The third-order valence-corrected chi connectivity index (χ3v) is 5.39. The van der Waals surface area contributed by atoms with Gasteiger partial charge in [-0.15, -0.1) is 0 Å². The summed E-state index contributed by atoms with van der Waals surface area (Å²) in [5, 5.41) is 12.8. The highest BCUT2D eigenvalue weighted by atomic mass is 35.5. The number of benzene rings is 3. The molecule has 0 saturated carbocycles. The third kappa shape index (κ3) is 5.34. The van der Waals surface area contributed by atoms with E-state index < -0.39 is 18.0 Å². The van der Waals surface area contributed by atoms with Gasteiger partial charge in [0, 0.05) is 15.6 Å². The van der Waals surface area contributed by atoms with Crippen LogP contribution >= 0.6 is 23.2 Å². The molecular formula is C24H18Cl2N2O5. The molecule has 0 aliphatic heterocycles. The highest BCUT2D eigenvalue weighted by Crippen LogP contribution is 2.30. The first-order valence-electron chi connectivity index (χ1n) is 9.90. The fraction of sp³-hybridized carbons (Fsp3) is 0.125. The Morgan fingerprint density at radius 1 is 1.06 bits per heavy atom. The van der Waals surface area contributed by atoms with Gasteiger partial charge < -0.3 is 19.6 Å². The van der Waals surface area contributed by atoms with Crippen LogP contribution in [0.4, 0.5) is 0 Å². The number of ether oxygens (including phenoxy) is 1. The molecule has 0 fully saturated rings. The van der Waals surface area contributed by atoms with Crippen LogP contribution in [0.2, 0.25) is 10.0 Å². The number of aliphatic carboxylic acids is 1. The van der Waals surface area contributed by atoms with E-state index in [-0.39, 0.29) is 0 Å². The number of carboxylic acid groups (broad SMARTS) is 1. The number of nitrogens with zero attached hydrogens (tertiary/aromatic N) is 1. The number of esters is 1. The second-order valence-electron chi connectivity index (χ2n) is 7.28. The van der Waals surface area contributed by atoms with Crippen molar-refractivity contribution in [2.24, 2.45) is 0 Å². The Morgan fingerprint density at radius 3 is 2.39 bits per heavy atom. The standard InChI is InChI=1S/C24H18Cl2N2O5/c1-27-20(23(29)30)8-13-2-5-18(6-3-13)32-24(31)14-4-7-19-21(11-14)33-22(28-19)15-9-16(25)12-17(26)10-15/h2-7,9-12,20,27H,8H2,1H3,(H,29,30). The van der Waals surface area contributed by atoms with Crippen LogP contribution in [0.1, 0.15) is 15.9 Å². The van der Waals surface area contributed by atoms with Crippen molar-refractivity contribution in [1.82, 2.24) is 10.3 Å².